The number of benzene rings is 1. The molecule has 1 atom stereocenters. The van der Waals surface area contributed by atoms with Crippen LogP contribution in [0.1, 0.15) is 66.1 Å². The van der Waals surface area contributed by atoms with Crippen LogP contribution in [0.3, 0.4) is 0 Å². The summed E-state index contributed by atoms with van der Waals surface area (Å²) in [5, 5.41) is 16.9. The maximum atomic E-state index is 13.5. The SMILES string of the molecule is Cn1nnc(N(Cc2cc(C(F)(F)F)cc(C(F)(F)F)c2)Cc2cc3cnn(C)c3nc2C(N)CCC2CCC2)n1. The van der Waals surface area contributed by atoms with Gasteiger partial charge in [0.1, 0.15) is 0 Å². The molecule has 0 bridgehead atoms. The largest absolute Gasteiger partial charge is 0.416 e. The zero-order valence-corrected chi connectivity index (χ0v) is 22.4. The maximum absolute atomic E-state index is 13.5. The highest BCUT2D eigenvalue weighted by Gasteiger charge is 2.37. The molecule has 0 spiro atoms. The number of nitrogens with zero attached hydrogens (tertiary/aromatic N) is 8. The second-order valence-corrected chi connectivity index (χ2v) is 10.5. The molecule has 1 aliphatic carbocycles. The minimum absolute atomic E-state index is 0.00753. The summed E-state index contributed by atoms with van der Waals surface area (Å²) in [5.41, 5.74) is 5.45. The third kappa shape index (κ3) is 6.44. The summed E-state index contributed by atoms with van der Waals surface area (Å²) in [4.78, 5) is 7.42. The van der Waals surface area contributed by atoms with Crippen LogP contribution in [0.15, 0.2) is 30.5 Å². The van der Waals surface area contributed by atoms with Gasteiger partial charge >= 0.3 is 12.4 Å². The lowest BCUT2D eigenvalue weighted by molar-refractivity contribution is -0.143. The first-order chi connectivity index (χ1) is 19.3. The lowest BCUT2D eigenvalue weighted by atomic mass is 9.81. The van der Waals surface area contributed by atoms with Crippen LogP contribution in [0.4, 0.5) is 32.3 Å². The lowest BCUT2D eigenvalue weighted by Crippen LogP contribution is -2.27. The summed E-state index contributed by atoms with van der Waals surface area (Å²) in [6.07, 6.45) is -3.17. The van der Waals surface area contributed by atoms with E-state index < -0.39 is 29.5 Å². The molecule has 41 heavy (non-hydrogen) atoms. The Kier molecular flexibility index (Phi) is 7.66. The summed E-state index contributed by atoms with van der Waals surface area (Å²) < 4.78 is 82.9. The second kappa shape index (κ2) is 10.9. The molecular weight excluding hydrogens is 552 g/mol. The summed E-state index contributed by atoms with van der Waals surface area (Å²) >= 11 is 0. The molecule has 3 aromatic heterocycles. The van der Waals surface area contributed by atoms with Crippen molar-refractivity contribution < 1.29 is 26.3 Å². The zero-order valence-electron chi connectivity index (χ0n) is 22.4. The van der Waals surface area contributed by atoms with Crippen molar-refractivity contribution in [3.05, 3.63) is 58.4 Å². The van der Waals surface area contributed by atoms with Crippen LogP contribution in [0.5, 0.6) is 0 Å². The Morgan fingerprint density at radius 2 is 1.68 bits per heavy atom. The number of hydrogen-bond donors (Lipinski definition) is 1. The fraction of sp³-hybridized carbons (Fsp3) is 0.500. The van der Waals surface area contributed by atoms with Crippen molar-refractivity contribution >= 4 is 17.0 Å². The van der Waals surface area contributed by atoms with Crippen LogP contribution in [-0.2, 0) is 39.5 Å². The number of anilines is 1. The smallest absolute Gasteiger partial charge is 0.329 e. The Hall–Kier alpha value is -3.75. The molecule has 3 heterocycles. The first-order valence-electron chi connectivity index (χ1n) is 13.1. The third-order valence-electron chi connectivity index (χ3n) is 7.44. The number of nitrogens with two attached hydrogens (primary N) is 1. The molecule has 1 unspecified atom stereocenters. The van der Waals surface area contributed by atoms with Gasteiger partial charge in [0.05, 0.1) is 30.1 Å². The monoisotopic (exact) mass is 581 g/mol. The van der Waals surface area contributed by atoms with Gasteiger partial charge in [0, 0.05) is 31.6 Å². The van der Waals surface area contributed by atoms with Crippen molar-refractivity contribution in [1.29, 1.82) is 0 Å². The van der Waals surface area contributed by atoms with Crippen LogP contribution >= 0.6 is 0 Å². The van der Waals surface area contributed by atoms with Gasteiger partial charge in [0.2, 0.25) is 0 Å². The highest BCUT2D eigenvalue weighted by Crippen LogP contribution is 2.37. The van der Waals surface area contributed by atoms with E-state index in [-0.39, 0.29) is 30.7 Å². The molecule has 15 heteroatoms. The quantitative estimate of drug-likeness (QED) is 0.267. The second-order valence-electron chi connectivity index (χ2n) is 10.5. The zero-order chi connectivity index (χ0) is 29.5. The predicted octanol–water partition coefficient (Wildman–Crippen LogP) is 5.32. The Morgan fingerprint density at radius 1 is 1.00 bits per heavy atom. The standard InChI is InChI=1S/C26H29F6N9/c1-39-23-17(12-34-39)10-18(22(35-23)21(33)7-6-15-4-3-5-15)14-41(24-36-38-40(2)37-24)13-16-8-19(25(27,28)29)11-20(9-16)26(30,31)32/h8-12,15,21H,3-7,13-14,33H2,1-2H3. The van der Waals surface area contributed by atoms with E-state index in [1.165, 1.54) is 18.4 Å². The molecule has 9 nitrogen and oxygen atoms in total. The van der Waals surface area contributed by atoms with Gasteiger partial charge in [0.25, 0.3) is 5.95 Å². The van der Waals surface area contributed by atoms with Gasteiger partial charge in [0.15, 0.2) is 5.65 Å². The van der Waals surface area contributed by atoms with Crippen molar-refractivity contribution in [2.45, 2.75) is 63.6 Å². The molecule has 0 radical (unpaired) electrons. The first kappa shape index (κ1) is 28.8. The molecular formula is C26H29F6N9. The molecule has 0 saturated heterocycles. The predicted molar refractivity (Wildman–Crippen MR) is 137 cm³/mol. The van der Waals surface area contributed by atoms with Crippen LogP contribution in [0.25, 0.3) is 11.0 Å². The average molecular weight is 582 g/mol. The Balaban J connectivity index is 1.54. The number of hydrogen-bond acceptors (Lipinski definition) is 7. The number of fused-ring (bicyclic) bond motifs is 1. The molecule has 220 valence electrons. The van der Waals surface area contributed by atoms with Gasteiger partial charge < -0.3 is 10.6 Å². The van der Waals surface area contributed by atoms with Gasteiger partial charge in [-0.1, -0.05) is 24.4 Å². The van der Waals surface area contributed by atoms with Gasteiger partial charge in [-0.05, 0) is 59.4 Å². The minimum Gasteiger partial charge on any atom is -0.329 e. The molecule has 0 aliphatic heterocycles. The van der Waals surface area contributed by atoms with Gasteiger partial charge in [-0.3, -0.25) is 4.68 Å². The molecule has 5 rings (SSSR count). The van der Waals surface area contributed by atoms with Crippen molar-refractivity contribution in [2.24, 2.45) is 25.7 Å². The number of alkyl halides is 6. The molecule has 1 aromatic carbocycles. The first-order valence-corrected chi connectivity index (χ1v) is 13.1. The molecule has 2 N–H and O–H groups in total. The molecule has 1 fully saturated rings. The number of rotatable bonds is 9. The van der Waals surface area contributed by atoms with Gasteiger partial charge in [-0.25, -0.2) is 4.98 Å². The fourth-order valence-electron chi connectivity index (χ4n) is 5.05. The lowest BCUT2D eigenvalue weighted by Gasteiger charge is -2.27. The summed E-state index contributed by atoms with van der Waals surface area (Å²) in [7, 11) is 3.26. The van der Waals surface area contributed by atoms with Crippen molar-refractivity contribution in [2.75, 3.05) is 4.90 Å². The van der Waals surface area contributed by atoms with E-state index in [1.807, 2.05) is 6.07 Å². The van der Waals surface area contributed by atoms with Crippen LogP contribution in [-0.4, -0.2) is 35.0 Å². The van der Waals surface area contributed by atoms with E-state index in [9.17, 15) is 26.3 Å². The van der Waals surface area contributed by atoms with Crippen molar-refractivity contribution in [3.8, 4) is 0 Å². The van der Waals surface area contributed by atoms with E-state index in [0.29, 0.717) is 46.8 Å². The van der Waals surface area contributed by atoms with Crippen molar-refractivity contribution in [3.63, 3.8) is 0 Å². The average Bonchev–Trinajstić information content (AvgIpc) is 3.46. The number of aromatic nitrogens is 7. The van der Waals surface area contributed by atoms with Crippen LogP contribution in [0, 0.1) is 5.92 Å². The fourth-order valence-corrected chi connectivity index (χ4v) is 5.05. The number of halogens is 6. The molecule has 1 aliphatic rings. The molecule has 0 amide bonds. The van der Waals surface area contributed by atoms with E-state index in [0.717, 1.165) is 24.1 Å². The summed E-state index contributed by atoms with van der Waals surface area (Å²) in [6, 6.07) is 2.91. The van der Waals surface area contributed by atoms with E-state index in [4.69, 9.17) is 10.7 Å². The Morgan fingerprint density at radius 3 is 2.24 bits per heavy atom. The minimum atomic E-state index is -4.97. The van der Waals surface area contributed by atoms with E-state index >= 15 is 0 Å². The topological polar surface area (TPSA) is 104 Å². The van der Waals surface area contributed by atoms with E-state index in [1.54, 1.807) is 17.9 Å². The van der Waals surface area contributed by atoms with Crippen molar-refractivity contribution in [1.82, 2.24) is 35.0 Å². The third-order valence-corrected chi connectivity index (χ3v) is 7.44. The Bertz CT molecular complexity index is 1490. The number of pyridine rings is 1. The van der Waals surface area contributed by atoms with E-state index in [2.05, 4.69) is 20.5 Å². The number of aryl methyl sites for hydroxylation is 2. The van der Waals surface area contributed by atoms with Crippen LogP contribution < -0.4 is 10.6 Å². The van der Waals surface area contributed by atoms with Gasteiger partial charge in [-0.2, -0.15) is 36.2 Å². The highest BCUT2D eigenvalue weighted by atomic mass is 19.4. The molecule has 1 saturated carbocycles. The van der Waals surface area contributed by atoms with Gasteiger partial charge in [-0.15, -0.1) is 5.10 Å². The van der Waals surface area contributed by atoms with Crippen LogP contribution in [0.2, 0.25) is 0 Å². The normalized spacial score (nSPS) is 15.3. The summed E-state index contributed by atoms with van der Waals surface area (Å²) in [6.45, 7) is -0.353. The highest BCUT2D eigenvalue weighted by molar-refractivity contribution is 5.76. The number of tetrazole rings is 1. The summed E-state index contributed by atoms with van der Waals surface area (Å²) in [5.74, 6) is 0.646. The molecule has 4 aromatic rings. The Labute approximate surface area is 231 Å². The maximum Gasteiger partial charge on any atom is 0.416 e.